The van der Waals surface area contributed by atoms with Crippen molar-refractivity contribution in [1.82, 2.24) is 0 Å². The third-order valence-electron chi connectivity index (χ3n) is 3.77. The van der Waals surface area contributed by atoms with Gasteiger partial charge in [-0.1, -0.05) is 74.9 Å². The van der Waals surface area contributed by atoms with Gasteiger partial charge in [-0.05, 0) is 40.3 Å². The molecule has 0 aliphatic heterocycles. The molecule has 0 nitrogen and oxygen atoms in total. The van der Waals surface area contributed by atoms with Gasteiger partial charge in [-0.15, -0.1) is 11.3 Å². The van der Waals surface area contributed by atoms with E-state index >= 15 is 0 Å². The van der Waals surface area contributed by atoms with Crippen molar-refractivity contribution < 1.29 is 0 Å². The van der Waals surface area contributed by atoms with Gasteiger partial charge in [0.15, 0.2) is 0 Å². The molecule has 4 aromatic rings. The molecule has 0 fully saturated rings. The van der Waals surface area contributed by atoms with E-state index in [2.05, 4.69) is 90.3 Å². The van der Waals surface area contributed by atoms with Gasteiger partial charge in [-0.25, -0.2) is 0 Å². The van der Waals surface area contributed by atoms with Crippen molar-refractivity contribution in [3.8, 4) is 32.2 Å². The summed E-state index contributed by atoms with van der Waals surface area (Å²) in [5, 5.41) is 4.85. The number of benzene rings is 2. The molecule has 0 aliphatic rings. The topological polar surface area (TPSA) is 0 Å². The Morgan fingerprint density at radius 1 is 0.565 bits per heavy atom. The second kappa shape index (κ2) is 6.50. The summed E-state index contributed by atoms with van der Waals surface area (Å²) in [6.07, 6.45) is 0. The van der Waals surface area contributed by atoms with Gasteiger partial charge in [0.05, 0.1) is 0 Å². The van der Waals surface area contributed by atoms with Gasteiger partial charge >= 0.3 is 0 Å². The van der Waals surface area contributed by atoms with Gasteiger partial charge in [0, 0.05) is 15.5 Å². The van der Waals surface area contributed by atoms with Gasteiger partial charge < -0.3 is 0 Å². The highest BCUT2D eigenvalue weighted by atomic mass is 32.1. The van der Waals surface area contributed by atoms with Crippen LogP contribution in [0.5, 0.6) is 0 Å². The van der Waals surface area contributed by atoms with Crippen molar-refractivity contribution in [3.05, 3.63) is 90.3 Å². The molecule has 4 rings (SSSR count). The van der Waals surface area contributed by atoms with Crippen LogP contribution in [0.3, 0.4) is 0 Å². The molecular formula is C21H15PS. The molecule has 0 saturated carbocycles. The molecule has 0 atom stereocenters. The maximum Gasteiger partial charge on any atom is 0.0343 e. The fourth-order valence-corrected chi connectivity index (χ4v) is 4.57. The third-order valence-corrected chi connectivity index (χ3v) is 5.95. The van der Waals surface area contributed by atoms with Crippen LogP contribution in [-0.4, -0.2) is 0 Å². The monoisotopic (exact) mass is 330 g/mol. The Labute approximate surface area is 142 Å². The minimum atomic E-state index is 1.26. The van der Waals surface area contributed by atoms with E-state index in [0.717, 1.165) is 0 Å². The summed E-state index contributed by atoms with van der Waals surface area (Å²) in [5.41, 5.74) is 3.89. The maximum absolute atomic E-state index is 2.33. The first-order valence-electron chi connectivity index (χ1n) is 7.57. The Morgan fingerprint density at radius 2 is 1.13 bits per heavy atom. The van der Waals surface area contributed by atoms with E-state index in [0.29, 0.717) is 0 Å². The van der Waals surface area contributed by atoms with Gasteiger partial charge in [-0.3, -0.25) is 0 Å². The molecular weight excluding hydrogens is 315 g/mol. The highest BCUT2D eigenvalue weighted by molar-refractivity contribution is 7.37. The van der Waals surface area contributed by atoms with Crippen LogP contribution in [0.4, 0.5) is 0 Å². The summed E-state index contributed by atoms with van der Waals surface area (Å²) >= 11 is 1.79. The fraction of sp³-hybridized carbons (Fsp3) is 0. The third kappa shape index (κ3) is 3.12. The van der Waals surface area contributed by atoms with Gasteiger partial charge in [0.1, 0.15) is 0 Å². The molecule has 2 heteroatoms. The number of thiophene rings is 1. The zero-order chi connectivity index (χ0) is 15.5. The minimum Gasteiger partial charge on any atom is -0.144 e. The first-order valence-corrected chi connectivity index (χ1v) is 9.34. The molecule has 0 amide bonds. The van der Waals surface area contributed by atoms with Crippen molar-refractivity contribution in [2.75, 3.05) is 0 Å². The molecule has 0 N–H and O–H groups in total. The summed E-state index contributed by atoms with van der Waals surface area (Å²) in [5.74, 6) is 0. The zero-order valence-electron chi connectivity index (χ0n) is 12.5. The van der Waals surface area contributed by atoms with Crippen molar-refractivity contribution in [3.63, 3.8) is 0 Å². The fourth-order valence-electron chi connectivity index (χ4n) is 2.63. The molecule has 2 heterocycles. The lowest BCUT2D eigenvalue weighted by Gasteiger charge is -2.09. The standard InChI is InChI=1S/C21H15PS/c1-3-8-16(9-4-1)19-14-18(21-12-7-13-23-21)15-20(22-19)17-10-5-2-6-11-17/h1-15H. The predicted octanol–water partition coefficient (Wildman–Crippen LogP) is 7.33. The molecule has 110 valence electrons. The Bertz CT molecular complexity index is 840. The summed E-state index contributed by atoms with van der Waals surface area (Å²) in [4.78, 5) is 1.32. The van der Waals surface area contributed by atoms with Crippen LogP contribution in [-0.2, 0) is 0 Å². The second-order valence-corrected chi connectivity index (χ2v) is 7.47. The van der Waals surface area contributed by atoms with Gasteiger partial charge in [0.25, 0.3) is 0 Å². The van der Waals surface area contributed by atoms with Crippen molar-refractivity contribution in [1.29, 1.82) is 0 Å². The average molecular weight is 330 g/mol. The van der Waals surface area contributed by atoms with Crippen molar-refractivity contribution in [2.45, 2.75) is 0 Å². The van der Waals surface area contributed by atoms with Crippen LogP contribution in [0.1, 0.15) is 0 Å². The summed E-state index contributed by atoms with van der Waals surface area (Å²) < 4.78 is 0. The molecule has 0 aliphatic carbocycles. The molecule has 0 spiro atoms. The van der Waals surface area contributed by atoms with E-state index in [1.807, 2.05) is 0 Å². The molecule has 0 bridgehead atoms. The van der Waals surface area contributed by atoms with Crippen LogP contribution in [0.2, 0.25) is 0 Å². The Kier molecular flexibility index (Phi) is 4.06. The first kappa shape index (κ1) is 14.4. The van der Waals surface area contributed by atoms with Crippen LogP contribution in [0, 0.1) is 0 Å². The number of hydrogen-bond donors (Lipinski definition) is 0. The predicted molar refractivity (Wildman–Crippen MR) is 103 cm³/mol. The lowest BCUT2D eigenvalue weighted by Crippen LogP contribution is -1.80. The smallest absolute Gasteiger partial charge is 0.0343 e. The van der Waals surface area contributed by atoms with Gasteiger partial charge in [0.2, 0.25) is 0 Å². The lowest BCUT2D eigenvalue weighted by atomic mass is 10.1. The number of hydrogen-bond acceptors (Lipinski definition) is 1. The summed E-state index contributed by atoms with van der Waals surface area (Å²) in [6.45, 7) is 0. The molecule has 0 saturated heterocycles. The van der Waals surface area contributed by atoms with Crippen LogP contribution in [0.25, 0.3) is 32.2 Å². The molecule has 0 radical (unpaired) electrons. The Morgan fingerprint density at radius 3 is 1.61 bits per heavy atom. The molecule has 2 aromatic heterocycles. The summed E-state index contributed by atoms with van der Waals surface area (Å²) in [6, 6.07) is 30.3. The molecule has 0 unspecified atom stereocenters. The number of rotatable bonds is 3. The van der Waals surface area contributed by atoms with E-state index < -0.39 is 0 Å². The van der Waals surface area contributed by atoms with E-state index in [-0.39, 0.29) is 0 Å². The quantitative estimate of drug-likeness (QED) is 0.369. The van der Waals surface area contributed by atoms with Crippen molar-refractivity contribution >= 4 is 19.5 Å². The lowest BCUT2D eigenvalue weighted by molar-refractivity contribution is 1.66. The van der Waals surface area contributed by atoms with Crippen LogP contribution in [0.15, 0.2) is 90.3 Å². The Hall–Kier alpha value is -2.21. The largest absolute Gasteiger partial charge is 0.144 e. The van der Waals surface area contributed by atoms with Gasteiger partial charge in [-0.2, -0.15) is 0 Å². The Balaban J connectivity index is 1.91. The van der Waals surface area contributed by atoms with Crippen LogP contribution < -0.4 is 0 Å². The maximum atomic E-state index is 2.33. The van der Waals surface area contributed by atoms with Crippen LogP contribution >= 0.6 is 19.5 Å². The van der Waals surface area contributed by atoms with E-state index in [1.165, 1.54) is 40.4 Å². The normalized spacial score (nSPS) is 10.6. The zero-order valence-corrected chi connectivity index (χ0v) is 14.2. The first-order chi connectivity index (χ1) is 11.4. The molecule has 2 aromatic carbocycles. The highest BCUT2D eigenvalue weighted by Crippen LogP contribution is 2.41. The molecule has 23 heavy (non-hydrogen) atoms. The highest BCUT2D eigenvalue weighted by Gasteiger charge is 2.08. The SMILES string of the molecule is c1ccc(-c2cc(-c3cccs3)cc(-c3ccccc3)p2)cc1. The van der Waals surface area contributed by atoms with Crippen molar-refractivity contribution in [2.24, 2.45) is 0 Å². The van der Waals surface area contributed by atoms with E-state index in [4.69, 9.17) is 0 Å². The second-order valence-electron chi connectivity index (χ2n) is 5.34. The summed E-state index contributed by atoms with van der Waals surface area (Å²) in [7, 11) is 1.26. The van der Waals surface area contributed by atoms with E-state index in [9.17, 15) is 0 Å². The minimum absolute atomic E-state index is 1.26. The average Bonchev–Trinajstić information content (AvgIpc) is 3.18. The van der Waals surface area contributed by atoms with E-state index in [1.54, 1.807) is 11.3 Å².